The van der Waals surface area contributed by atoms with Gasteiger partial charge >= 0.3 is 0 Å². The number of aryl methyl sites for hydroxylation is 1. The average molecular weight is 324 g/mol. The Balaban J connectivity index is 1.44. The third-order valence-corrected chi connectivity index (χ3v) is 4.98. The summed E-state index contributed by atoms with van der Waals surface area (Å²) in [5, 5.41) is 4.21. The van der Waals surface area contributed by atoms with Crippen molar-refractivity contribution in [3.8, 4) is 0 Å². The van der Waals surface area contributed by atoms with Gasteiger partial charge in [0, 0.05) is 23.2 Å². The summed E-state index contributed by atoms with van der Waals surface area (Å²) < 4.78 is 0. The Labute approximate surface area is 140 Å². The Morgan fingerprint density at radius 3 is 2.91 bits per heavy atom. The molecule has 1 heterocycles. The molecule has 118 valence electrons. The van der Waals surface area contributed by atoms with Gasteiger partial charge in [0.15, 0.2) is 0 Å². The highest BCUT2D eigenvalue weighted by Crippen LogP contribution is 2.21. The molecule has 0 radical (unpaired) electrons. The SMILES string of the molecule is Cc1ccccc1SCC(=O)NCCc1ccc2[nH]ccc2c1. The van der Waals surface area contributed by atoms with E-state index in [1.54, 1.807) is 11.8 Å². The van der Waals surface area contributed by atoms with Gasteiger partial charge in [-0.2, -0.15) is 0 Å². The van der Waals surface area contributed by atoms with Gasteiger partial charge in [0.1, 0.15) is 0 Å². The van der Waals surface area contributed by atoms with Crippen LogP contribution in [0, 0.1) is 6.92 Å². The predicted molar refractivity (Wildman–Crippen MR) is 96.9 cm³/mol. The zero-order chi connectivity index (χ0) is 16.1. The lowest BCUT2D eigenvalue weighted by Crippen LogP contribution is -2.27. The third-order valence-electron chi connectivity index (χ3n) is 3.81. The number of fused-ring (bicyclic) bond motifs is 1. The Morgan fingerprint density at radius 2 is 2.04 bits per heavy atom. The number of carbonyl (C=O) groups is 1. The van der Waals surface area contributed by atoms with E-state index in [2.05, 4.69) is 53.6 Å². The van der Waals surface area contributed by atoms with Gasteiger partial charge in [0.05, 0.1) is 5.75 Å². The van der Waals surface area contributed by atoms with Crippen molar-refractivity contribution in [1.82, 2.24) is 10.3 Å². The molecule has 0 unspecified atom stereocenters. The minimum atomic E-state index is 0.0842. The summed E-state index contributed by atoms with van der Waals surface area (Å²) in [4.78, 5) is 16.3. The summed E-state index contributed by atoms with van der Waals surface area (Å²) in [6.45, 7) is 2.74. The monoisotopic (exact) mass is 324 g/mol. The van der Waals surface area contributed by atoms with Crippen molar-refractivity contribution in [2.75, 3.05) is 12.3 Å². The quantitative estimate of drug-likeness (QED) is 0.675. The minimum Gasteiger partial charge on any atom is -0.361 e. The van der Waals surface area contributed by atoms with Crippen molar-refractivity contribution in [2.24, 2.45) is 0 Å². The van der Waals surface area contributed by atoms with E-state index in [1.165, 1.54) is 21.4 Å². The van der Waals surface area contributed by atoms with Crippen molar-refractivity contribution in [1.29, 1.82) is 0 Å². The van der Waals surface area contributed by atoms with Crippen LogP contribution >= 0.6 is 11.8 Å². The zero-order valence-corrected chi connectivity index (χ0v) is 14.0. The van der Waals surface area contributed by atoms with Gasteiger partial charge < -0.3 is 10.3 Å². The molecule has 0 aliphatic rings. The maximum absolute atomic E-state index is 12.0. The zero-order valence-electron chi connectivity index (χ0n) is 13.1. The van der Waals surface area contributed by atoms with E-state index >= 15 is 0 Å². The van der Waals surface area contributed by atoms with Crippen LogP contribution in [-0.4, -0.2) is 23.2 Å². The lowest BCUT2D eigenvalue weighted by molar-refractivity contribution is -0.118. The van der Waals surface area contributed by atoms with Gasteiger partial charge in [0.25, 0.3) is 0 Å². The number of amides is 1. The molecule has 0 spiro atoms. The Morgan fingerprint density at radius 1 is 1.17 bits per heavy atom. The van der Waals surface area contributed by atoms with Crippen LogP contribution in [0.3, 0.4) is 0 Å². The third kappa shape index (κ3) is 4.17. The first-order valence-electron chi connectivity index (χ1n) is 7.73. The fourth-order valence-corrected chi connectivity index (χ4v) is 3.38. The first kappa shape index (κ1) is 15.7. The number of H-pyrrole nitrogens is 1. The average Bonchev–Trinajstić information content (AvgIpc) is 3.02. The van der Waals surface area contributed by atoms with Crippen LogP contribution in [0.1, 0.15) is 11.1 Å². The molecule has 0 bridgehead atoms. The molecular formula is C19H20N2OS. The van der Waals surface area contributed by atoms with Crippen molar-refractivity contribution in [3.05, 3.63) is 65.9 Å². The molecule has 1 aromatic heterocycles. The van der Waals surface area contributed by atoms with Gasteiger partial charge in [-0.25, -0.2) is 0 Å². The lowest BCUT2D eigenvalue weighted by atomic mass is 10.1. The maximum atomic E-state index is 12.0. The summed E-state index contributed by atoms with van der Waals surface area (Å²) in [6, 6.07) is 16.6. The summed E-state index contributed by atoms with van der Waals surface area (Å²) in [5.74, 6) is 0.544. The van der Waals surface area contributed by atoms with E-state index in [0.29, 0.717) is 12.3 Å². The maximum Gasteiger partial charge on any atom is 0.230 e. The van der Waals surface area contributed by atoms with Crippen molar-refractivity contribution in [2.45, 2.75) is 18.2 Å². The summed E-state index contributed by atoms with van der Waals surface area (Å²) in [5.41, 5.74) is 3.60. The second kappa shape index (κ2) is 7.38. The van der Waals surface area contributed by atoms with Gasteiger partial charge in [-0.1, -0.05) is 24.3 Å². The molecule has 2 N–H and O–H groups in total. The number of hydrogen-bond acceptors (Lipinski definition) is 2. The molecule has 0 aliphatic heterocycles. The molecule has 23 heavy (non-hydrogen) atoms. The van der Waals surface area contributed by atoms with Crippen LogP contribution < -0.4 is 5.32 Å². The van der Waals surface area contributed by atoms with E-state index in [9.17, 15) is 4.79 Å². The smallest absolute Gasteiger partial charge is 0.230 e. The van der Waals surface area contributed by atoms with Gasteiger partial charge in [-0.05, 0) is 54.1 Å². The Hall–Kier alpha value is -2.20. The summed E-state index contributed by atoms with van der Waals surface area (Å²) >= 11 is 1.59. The molecule has 1 amide bonds. The van der Waals surface area contributed by atoms with E-state index < -0.39 is 0 Å². The van der Waals surface area contributed by atoms with Crippen LogP contribution in [0.4, 0.5) is 0 Å². The number of thioether (sulfide) groups is 1. The number of nitrogens with one attached hydrogen (secondary N) is 2. The molecule has 0 atom stereocenters. The molecule has 0 fully saturated rings. The highest BCUT2D eigenvalue weighted by molar-refractivity contribution is 8.00. The molecule has 3 aromatic rings. The Bertz CT molecular complexity index is 810. The number of aromatic nitrogens is 1. The van der Waals surface area contributed by atoms with E-state index in [0.717, 1.165) is 11.9 Å². The van der Waals surface area contributed by atoms with Crippen LogP contribution in [0.25, 0.3) is 10.9 Å². The number of carbonyl (C=O) groups excluding carboxylic acids is 1. The molecule has 3 nitrogen and oxygen atoms in total. The summed E-state index contributed by atoms with van der Waals surface area (Å²) in [7, 11) is 0. The van der Waals surface area contributed by atoms with Gasteiger partial charge in [0.2, 0.25) is 5.91 Å². The molecule has 3 rings (SSSR count). The van der Waals surface area contributed by atoms with Crippen molar-refractivity contribution >= 4 is 28.6 Å². The van der Waals surface area contributed by atoms with E-state index in [4.69, 9.17) is 0 Å². The molecule has 2 aromatic carbocycles. The van der Waals surface area contributed by atoms with E-state index in [-0.39, 0.29) is 5.91 Å². The fraction of sp³-hybridized carbons (Fsp3) is 0.211. The molecule has 0 saturated carbocycles. The second-order valence-corrected chi connectivity index (χ2v) is 6.57. The molecular weight excluding hydrogens is 304 g/mol. The first-order valence-corrected chi connectivity index (χ1v) is 8.72. The van der Waals surface area contributed by atoms with Gasteiger partial charge in [-0.3, -0.25) is 4.79 Å². The first-order chi connectivity index (χ1) is 11.2. The van der Waals surface area contributed by atoms with Crippen LogP contribution in [0.2, 0.25) is 0 Å². The van der Waals surface area contributed by atoms with Crippen LogP contribution in [0.5, 0.6) is 0 Å². The lowest BCUT2D eigenvalue weighted by Gasteiger charge is -2.07. The fourth-order valence-electron chi connectivity index (χ4n) is 2.52. The minimum absolute atomic E-state index is 0.0842. The largest absolute Gasteiger partial charge is 0.361 e. The van der Waals surface area contributed by atoms with Gasteiger partial charge in [-0.15, -0.1) is 11.8 Å². The van der Waals surface area contributed by atoms with Crippen molar-refractivity contribution in [3.63, 3.8) is 0 Å². The van der Waals surface area contributed by atoms with Crippen molar-refractivity contribution < 1.29 is 4.79 Å². The highest BCUT2D eigenvalue weighted by atomic mass is 32.2. The number of benzene rings is 2. The topological polar surface area (TPSA) is 44.9 Å². The standard InChI is InChI=1S/C19H20N2OS/c1-14-4-2-3-5-18(14)23-13-19(22)21-10-8-15-6-7-17-16(12-15)9-11-20-17/h2-7,9,11-12,20H,8,10,13H2,1H3,(H,21,22). The number of hydrogen-bond donors (Lipinski definition) is 2. The number of rotatable bonds is 6. The van der Waals surface area contributed by atoms with Crippen LogP contribution in [-0.2, 0) is 11.2 Å². The Kier molecular flexibility index (Phi) is 5.03. The highest BCUT2D eigenvalue weighted by Gasteiger charge is 2.04. The second-order valence-electron chi connectivity index (χ2n) is 5.55. The summed E-state index contributed by atoms with van der Waals surface area (Å²) in [6.07, 6.45) is 2.79. The molecule has 0 saturated heterocycles. The van der Waals surface area contributed by atoms with Crippen LogP contribution in [0.15, 0.2) is 59.6 Å². The predicted octanol–water partition coefficient (Wildman–Crippen LogP) is 3.93. The normalized spacial score (nSPS) is 10.8. The van der Waals surface area contributed by atoms with E-state index in [1.807, 2.05) is 18.3 Å². The molecule has 0 aliphatic carbocycles. The number of aromatic amines is 1. The molecule has 4 heteroatoms.